The molecule has 1 aromatic rings. The van der Waals surface area contributed by atoms with Gasteiger partial charge in [-0.25, -0.2) is 0 Å². The molecule has 1 atom stereocenters. The average molecular weight is 307 g/mol. The van der Waals surface area contributed by atoms with Gasteiger partial charge >= 0.3 is 0 Å². The lowest BCUT2D eigenvalue weighted by atomic mass is 9.73. The van der Waals surface area contributed by atoms with Crippen LogP contribution in [0.5, 0.6) is 0 Å². The van der Waals surface area contributed by atoms with Crippen LogP contribution >= 0.6 is 15.9 Å². The molecule has 2 nitrogen and oxygen atoms in total. The molecule has 1 N–H and O–H groups in total. The molecule has 2 rings (SSSR count). The summed E-state index contributed by atoms with van der Waals surface area (Å²) in [6.45, 7) is 4.67. The van der Waals surface area contributed by atoms with Crippen molar-refractivity contribution in [3.63, 3.8) is 0 Å². The van der Waals surface area contributed by atoms with Crippen LogP contribution in [0.3, 0.4) is 0 Å². The Kier molecular flexibility index (Phi) is 3.97. The Labute approximate surface area is 118 Å². The smallest absolute Gasteiger partial charge is 0.100 e. The lowest BCUT2D eigenvalue weighted by Crippen LogP contribution is -2.38. The number of rotatable bonds is 2. The van der Waals surface area contributed by atoms with E-state index in [1.807, 2.05) is 18.2 Å². The molecule has 1 aliphatic rings. The van der Waals surface area contributed by atoms with Gasteiger partial charge in [0.05, 0.1) is 5.56 Å². The Balaban J connectivity index is 2.14. The highest BCUT2D eigenvalue weighted by molar-refractivity contribution is 9.10. The molecule has 1 unspecified atom stereocenters. The lowest BCUT2D eigenvalue weighted by Gasteiger charge is -2.39. The highest BCUT2D eigenvalue weighted by Gasteiger charge is 2.31. The predicted octanol–water partition coefficient (Wildman–Crippen LogP) is 4.70. The molecule has 96 valence electrons. The van der Waals surface area contributed by atoms with Gasteiger partial charge in [0.2, 0.25) is 0 Å². The summed E-state index contributed by atoms with van der Waals surface area (Å²) in [5.41, 5.74) is 2.13. The van der Waals surface area contributed by atoms with Gasteiger partial charge in [0.25, 0.3) is 0 Å². The van der Waals surface area contributed by atoms with Crippen LogP contribution in [-0.2, 0) is 0 Å². The maximum atomic E-state index is 8.91. The Hall–Kier alpha value is -1.01. The summed E-state index contributed by atoms with van der Waals surface area (Å²) in [5, 5.41) is 12.5. The maximum absolute atomic E-state index is 8.91. The van der Waals surface area contributed by atoms with Crippen LogP contribution in [0.2, 0.25) is 0 Å². The SMILES string of the molecule is CC1(C)CCCCC1Nc1ccc(C#N)c(Br)c1. The number of nitriles is 1. The van der Waals surface area contributed by atoms with Gasteiger partial charge in [-0.1, -0.05) is 26.7 Å². The molecule has 1 saturated carbocycles. The largest absolute Gasteiger partial charge is 0.382 e. The number of anilines is 1. The standard InChI is InChI=1S/C15H19BrN2/c1-15(2)8-4-3-5-14(15)18-12-7-6-11(10-17)13(16)9-12/h6-7,9,14,18H,3-5,8H2,1-2H3. The molecule has 0 amide bonds. The van der Waals surface area contributed by atoms with Gasteiger partial charge in [0.1, 0.15) is 6.07 Å². The number of nitrogens with one attached hydrogen (secondary N) is 1. The van der Waals surface area contributed by atoms with Crippen LogP contribution in [0.15, 0.2) is 22.7 Å². The molecule has 0 radical (unpaired) electrons. The number of hydrogen-bond donors (Lipinski definition) is 1. The first-order valence-electron chi connectivity index (χ1n) is 6.49. The van der Waals surface area contributed by atoms with Crippen LogP contribution in [0.4, 0.5) is 5.69 Å². The fraction of sp³-hybridized carbons (Fsp3) is 0.533. The number of halogens is 1. The van der Waals surface area contributed by atoms with E-state index in [0.717, 1.165) is 10.2 Å². The summed E-state index contributed by atoms with van der Waals surface area (Å²) in [7, 11) is 0. The normalized spacial score (nSPS) is 22.2. The van der Waals surface area contributed by atoms with Gasteiger partial charge in [0, 0.05) is 16.2 Å². The monoisotopic (exact) mass is 306 g/mol. The fourth-order valence-electron chi connectivity index (χ4n) is 2.66. The van der Waals surface area contributed by atoms with E-state index in [1.165, 1.54) is 25.7 Å². The second-order valence-corrected chi connectivity index (χ2v) is 6.59. The summed E-state index contributed by atoms with van der Waals surface area (Å²) in [6, 6.07) is 8.55. The molecular formula is C15H19BrN2. The van der Waals surface area contributed by atoms with Crippen LogP contribution < -0.4 is 5.32 Å². The summed E-state index contributed by atoms with van der Waals surface area (Å²) in [6.07, 6.45) is 5.15. The molecule has 1 aliphatic carbocycles. The Morgan fingerprint density at radius 2 is 2.17 bits per heavy atom. The van der Waals surface area contributed by atoms with E-state index in [-0.39, 0.29) is 0 Å². The Bertz CT molecular complexity index is 474. The van der Waals surface area contributed by atoms with Crippen LogP contribution in [0.25, 0.3) is 0 Å². The molecule has 0 spiro atoms. The third-order valence-electron chi connectivity index (χ3n) is 3.94. The van der Waals surface area contributed by atoms with Crippen molar-refractivity contribution >= 4 is 21.6 Å². The first kappa shape index (κ1) is 13.4. The molecule has 18 heavy (non-hydrogen) atoms. The summed E-state index contributed by atoms with van der Waals surface area (Å²) < 4.78 is 0.864. The fourth-order valence-corrected chi connectivity index (χ4v) is 3.13. The topological polar surface area (TPSA) is 35.8 Å². The first-order valence-corrected chi connectivity index (χ1v) is 7.28. The summed E-state index contributed by atoms with van der Waals surface area (Å²) >= 11 is 3.44. The number of hydrogen-bond acceptors (Lipinski definition) is 2. The minimum Gasteiger partial charge on any atom is -0.382 e. The average Bonchev–Trinajstić information content (AvgIpc) is 2.32. The van der Waals surface area contributed by atoms with Crippen molar-refractivity contribution in [2.24, 2.45) is 5.41 Å². The minimum absolute atomic E-state index is 0.346. The van der Waals surface area contributed by atoms with Gasteiger partial charge in [0.15, 0.2) is 0 Å². The molecule has 0 bridgehead atoms. The second kappa shape index (κ2) is 5.32. The quantitative estimate of drug-likeness (QED) is 0.859. The van der Waals surface area contributed by atoms with Gasteiger partial charge in [-0.15, -0.1) is 0 Å². The maximum Gasteiger partial charge on any atom is 0.100 e. The van der Waals surface area contributed by atoms with Crippen molar-refractivity contribution in [2.75, 3.05) is 5.32 Å². The third kappa shape index (κ3) is 2.87. The zero-order valence-corrected chi connectivity index (χ0v) is 12.5. The van der Waals surface area contributed by atoms with Crippen LogP contribution in [0.1, 0.15) is 45.1 Å². The molecule has 0 saturated heterocycles. The van der Waals surface area contributed by atoms with E-state index in [9.17, 15) is 0 Å². The van der Waals surface area contributed by atoms with Crippen LogP contribution in [0, 0.1) is 16.7 Å². The van der Waals surface area contributed by atoms with E-state index < -0.39 is 0 Å². The number of nitrogens with zero attached hydrogens (tertiary/aromatic N) is 1. The first-order chi connectivity index (χ1) is 8.53. The zero-order valence-electron chi connectivity index (χ0n) is 11.0. The molecular weight excluding hydrogens is 288 g/mol. The van der Waals surface area contributed by atoms with Crippen molar-refractivity contribution in [3.05, 3.63) is 28.2 Å². The van der Waals surface area contributed by atoms with Crippen LogP contribution in [-0.4, -0.2) is 6.04 Å². The van der Waals surface area contributed by atoms with Crippen molar-refractivity contribution < 1.29 is 0 Å². The van der Waals surface area contributed by atoms with E-state index in [4.69, 9.17) is 5.26 Å². The molecule has 1 aromatic carbocycles. The highest BCUT2D eigenvalue weighted by atomic mass is 79.9. The predicted molar refractivity (Wildman–Crippen MR) is 78.5 cm³/mol. The van der Waals surface area contributed by atoms with Gasteiger partial charge in [-0.3, -0.25) is 0 Å². The summed E-state index contributed by atoms with van der Waals surface area (Å²) in [5.74, 6) is 0. The van der Waals surface area contributed by atoms with Crippen molar-refractivity contribution in [1.82, 2.24) is 0 Å². The third-order valence-corrected chi connectivity index (χ3v) is 4.59. The Morgan fingerprint density at radius 3 is 2.78 bits per heavy atom. The molecule has 0 aliphatic heterocycles. The lowest BCUT2D eigenvalue weighted by molar-refractivity contribution is 0.217. The molecule has 0 aromatic heterocycles. The van der Waals surface area contributed by atoms with Crippen molar-refractivity contribution in [3.8, 4) is 6.07 Å². The summed E-state index contributed by atoms with van der Waals surface area (Å²) in [4.78, 5) is 0. The Morgan fingerprint density at radius 1 is 1.39 bits per heavy atom. The minimum atomic E-state index is 0.346. The van der Waals surface area contributed by atoms with Crippen molar-refractivity contribution in [1.29, 1.82) is 5.26 Å². The van der Waals surface area contributed by atoms with E-state index in [2.05, 4.69) is 41.2 Å². The molecule has 1 fully saturated rings. The number of benzene rings is 1. The second-order valence-electron chi connectivity index (χ2n) is 5.74. The van der Waals surface area contributed by atoms with E-state index in [1.54, 1.807) is 0 Å². The van der Waals surface area contributed by atoms with E-state index >= 15 is 0 Å². The zero-order chi connectivity index (χ0) is 13.2. The van der Waals surface area contributed by atoms with Gasteiger partial charge in [-0.2, -0.15) is 5.26 Å². The molecule has 3 heteroatoms. The van der Waals surface area contributed by atoms with Crippen molar-refractivity contribution in [2.45, 2.75) is 45.6 Å². The van der Waals surface area contributed by atoms with E-state index in [0.29, 0.717) is 17.0 Å². The van der Waals surface area contributed by atoms with Gasteiger partial charge < -0.3 is 5.32 Å². The highest BCUT2D eigenvalue weighted by Crippen LogP contribution is 2.37. The van der Waals surface area contributed by atoms with Gasteiger partial charge in [-0.05, 0) is 52.4 Å². The molecule has 0 heterocycles.